The maximum Gasteiger partial charge on any atom is 0.331 e. The van der Waals surface area contributed by atoms with Gasteiger partial charge < -0.3 is 15.0 Å². The average molecular weight is 510 g/mol. The van der Waals surface area contributed by atoms with E-state index in [9.17, 15) is 18.0 Å². The molecule has 3 heterocycles. The lowest BCUT2D eigenvalue weighted by atomic mass is 10.1. The van der Waals surface area contributed by atoms with Crippen molar-refractivity contribution in [3.8, 4) is 17.0 Å². The number of aryl methyl sites for hydroxylation is 1. The zero-order valence-corrected chi connectivity index (χ0v) is 20.9. The number of hydrogen-bond acceptors (Lipinski definition) is 6. The van der Waals surface area contributed by atoms with Gasteiger partial charge in [0, 0.05) is 45.3 Å². The van der Waals surface area contributed by atoms with E-state index < -0.39 is 21.3 Å². The van der Waals surface area contributed by atoms with Gasteiger partial charge in [-0.1, -0.05) is 18.5 Å². The normalized spacial score (nSPS) is 15.2. The fourth-order valence-electron chi connectivity index (χ4n) is 4.20. The smallest absolute Gasteiger partial charge is 0.331 e. The van der Waals surface area contributed by atoms with E-state index in [1.165, 1.54) is 28.1 Å². The Morgan fingerprint density at radius 3 is 2.50 bits per heavy atom. The first-order valence-electron chi connectivity index (χ1n) is 11.2. The van der Waals surface area contributed by atoms with Crippen LogP contribution in [0.2, 0.25) is 5.02 Å². The largest absolute Gasteiger partial charge is 0.493 e. The molecule has 0 radical (unpaired) electrons. The topological polar surface area (TPSA) is 118 Å². The fourth-order valence-corrected chi connectivity index (χ4v) is 6.02. The maximum absolute atomic E-state index is 13.3. The highest BCUT2D eigenvalue weighted by atomic mass is 35.5. The van der Waals surface area contributed by atoms with Crippen molar-refractivity contribution < 1.29 is 13.2 Å². The Kier molecular flexibility index (Phi) is 6.90. The quantitative estimate of drug-likeness (QED) is 0.501. The minimum Gasteiger partial charge on any atom is -0.493 e. The Labute approximate surface area is 202 Å². The summed E-state index contributed by atoms with van der Waals surface area (Å²) < 4.78 is 36.3. The highest BCUT2D eigenvalue weighted by Crippen LogP contribution is 2.39. The predicted molar refractivity (Wildman–Crippen MR) is 131 cm³/mol. The van der Waals surface area contributed by atoms with Gasteiger partial charge in [0.1, 0.15) is 11.3 Å². The van der Waals surface area contributed by atoms with E-state index in [0.29, 0.717) is 68.3 Å². The van der Waals surface area contributed by atoms with E-state index in [0.717, 1.165) is 4.57 Å². The molecule has 0 saturated carbocycles. The maximum atomic E-state index is 13.3. The molecule has 1 saturated heterocycles. The molecule has 10 nitrogen and oxygen atoms in total. The number of nitrogens with zero attached hydrogens (tertiary/aromatic N) is 3. The number of H-pyrrole nitrogens is 1. The summed E-state index contributed by atoms with van der Waals surface area (Å²) in [4.78, 5) is 28.8. The van der Waals surface area contributed by atoms with Crippen LogP contribution in [-0.2, 0) is 23.6 Å². The lowest BCUT2D eigenvalue weighted by Gasteiger charge is -2.27. The van der Waals surface area contributed by atoms with Gasteiger partial charge in [-0.3, -0.25) is 13.9 Å². The summed E-state index contributed by atoms with van der Waals surface area (Å²) in [7, 11) is -2.33. The molecule has 0 unspecified atom stereocenters. The molecule has 1 aliphatic heterocycles. The summed E-state index contributed by atoms with van der Waals surface area (Å²) in [6.45, 7) is 6.35. The van der Waals surface area contributed by atoms with Crippen LogP contribution in [0.4, 0.5) is 0 Å². The van der Waals surface area contributed by atoms with Crippen molar-refractivity contribution >= 4 is 32.7 Å². The van der Waals surface area contributed by atoms with Gasteiger partial charge in [-0.25, -0.2) is 13.2 Å². The molecule has 0 aliphatic carbocycles. The molecule has 1 aliphatic rings. The fraction of sp³-hybridized carbons (Fsp3) is 0.455. The number of aromatic amines is 1. The molecule has 1 aromatic carbocycles. The Hall–Kier alpha value is -2.60. The monoisotopic (exact) mass is 509 g/mol. The zero-order valence-electron chi connectivity index (χ0n) is 19.4. The second kappa shape index (κ2) is 9.57. The van der Waals surface area contributed by atoms with Gasteiger partial charge >= 0.3 is 5.69 Å². The number of nitrogens with one attached hydrogen (secondary N) is 2. The summed E-state index contributed by atoms with van der Waals surface area (Å²) in [5.41, 5.74) is 0.217. The minimum absolute atomic E-state index is 0.0985. The lowest BCUT2D eigenvalue weighted by Crippen LogP contribution is -2.46. The standard InChI is InChI=1S/C22H28ClN5O5S/c1-4-10-28-20-17(23)18(25-19(20)21(29)26(3)22(28)30)15-13-14(6-7-16(15)33-5-2)34(31,32)27-11-8-24-9-12-27/h6-7,13,24-25H,4-5,8-12H2,1-3H3. The average Bonchev–Trinajstić information content (AvgIpc) is 3.18. The van der Waals surface area contributed by atoms with Crippen molar-refractivity contribution in [3.63, 3.8) is 0 Å². The van der Waals surface area contributed by atoms with Gasteiger partial charge in [-0.05, 0) is 31.5 Å². The second-order valence-corrected chi connectivity index (χ2v) is 10.4. The van der Waals surface area contributed by atoms with Crippen LogP contribution in [0.1, 0.15) is 20.3 Å². The van der Waals surface area contributed by atoms with Crippen LogP contribution in [0.3, 0.4) is 0 Å². The molecule has 0 amide bonds. The first-order valence-corrected chi connectivity index (χ1v) is 13.0. The molecule has 2 N–H and O–H groups in total. The summed E-state index contributed by atoms with van der Waals surface area (Å²) in [6, 6.07) is 4.60. The highest BCUT2D eigenvalue weighted by Gasteiger charge is 2.28. The lowest BCUT2D eigenvalue weighted by molar-refractivity contribution is 0.341. The highest BCUT2D eigenvalue weighted by molar-refractivity contribution is 7.89. The first kappa shape index (κ1) is 24.5. The molecular formula is C22H28ClN5O5S. The van der Waals surface area contributed by atoms with Crippen molar-refractivity contribution in [2.24, 2.45) is 7.05 Å². The van der Waals surface area contributed by atoms with E-state index in [1.807, 2.05) is 13.8 Å². The van der Waals surface area contributed by atoms with Gasteiger partial charge in [0.15, 0.2) is 0 Å². The number of piperazine rings is 1. The Bertz CT molecular complexity index is 1450. The Morgan fingerprint density at radius 2 is 1.85 bits per heavy atom. The van der Waals surface area contributed by atoms with Crippen LogP contribution >= 0.6 is 11.6 Å². The van der Waals surface area contributed by atoms with Crippen LogP contribution in [0.25, 0.3) is 22.3 Å². The van der Waals surface area contributed by atoms with Crippen molar-refractivity contribution in [2.45, 2.75) is 31.7 Å². The summed E-state index contributed by atoms with van der Waals surface area (Å²) in [5, 5.41) is 3.31. The number of sulfonamides is 1. The number of halogens is 1. The summed E-state index contributed by atoms with van der Waals surface area (Å²) in [5.74, 6) is 0.413. The first-order chi connectivity index (χ1) is 16.2. The number of fused-ring (bicyclic) bond motifs is 1. The number of hydrogen-bond donors (Lipinski definition) is 2. The third-order valence-corrected chi connectivity index (χ3v) is 8.16. The van der Waals surface area contributed by atoms with E-state index in [2.05, 4.69) is 10.3 Å². The van der Waals surface area contributed by atoms with Crippen molar-refractivity contribution in [1.29, 1.82) is 0 Å². The van der Waals surface area contributed by atoms with Gasteiger partial charge in [-0.15, -0.1) is 0 Å². The summed E-state index contributed by atoms with van der Waals surface area (Å²) >= 11 is 6.75. The zero-order chi connectivity index (χ0) is 24.6. The number of benzene rings is 1. The van der Waals surface area contributed by atoms with Crippen LogP contribution in [0.15, 0.2) is 32.7 Å². The predicted octanol–water partition coefficient (Wildman–Crippen LogP) is 1.75. The van der Waals surface area contributed by atoms with Gasteiger partial charge in [0.2, 0.25) is 10.0 Å². The van der Waals surface area contributed by atoms with Gasteiger partial charge in [0.05, 0.1) is 27.7 Å². The van der Waals surface area contributed by atoms with Crippen LogP contribution in [-0.4, -0.2) is 59.6 Å². The number of ether oxygens (including phenoxy) is 1. The van der Waals surface area contributed by atoms with Gasteiger partial charge in [0.25, 0.3) is 5.56 Å². The second-order valence-electron chi connectivity index (χ2n) is 8.08. The molecular weight excluding hydrogens is 482 g/mol. The molecule has 4 rings (SSSR count). The number of aromatic nitrogens is 3. The number of rotatable bonds is 7. The van der Waals surface area contributed by atoms with Crippen LogP contribution in [0, 0.1) is 0 Å². The SMILES string of the molecule is CCCn1c(=O)n(C)c(=O)c2[nH]c(-c3cc(S(=O)(=O)N4CCNCC4)ccc3OCC)c(Cl)c21. The molecule has 184 valence electrons. The molecule has 34 heavy (non-hydrogen) atoms. The Balaban J connectivity index is 1.97. The van der Waals surface area contributed by atoms with Gasteiger partial charge in [-0.2, -0.15) is 4.31 Å². The van der Waals surface area contributed by atoms with E-state index in [-0.39, 0.29) is 15.4 Å². The van der Waals surface area contributed by atoms with E-state index in [4.69, 9.17) is 16.3 Å². The molecule has 0 atom stereocenters. The van der Waals surface area contributed by atoms with Crippen molar-refractivity contribution in [1.82, 2.24) is 23.7 Å². The molecule has 1 fully saturated rings. The van der Waals surface area contributed by atoms with Crippen LogP contribution < -0.4 is 21.3 Å². The molecule has 0 spiro atoms. The molecule has 12 heteroatoms. The molecule has 2 aromatic heterocycles. The minimum atomic E-state index is -3.75. The molecule has 0 bridgehead atoms. The van der Waals surface area contributed by atoms with E-state index in [1.54, 1.807) is 6.07 Å². The van der Waals surface area contributed by atoms with E-state index >= 15 is 0 Å². The molecule has 3 aromatic rings. The Morgan fingerprint density at radius 1 is 1.15 bits per heavy atom. The third-order valence-electron chi connectivity index (χ3n) is 5.90. The van der Waals surface area contributed by atoms with Crippen molar-refractivity contribution in [2.75, 3.05) is 32.8 Å². The van der Waals surface area contributed by atoms with Crippen LogP contribution in [0.5, 0.6) is 5.75 Å². The van der Waals surface area contributed by atoms with Crippen molar-refractivity contribution in [3.05, 3.63) is 44.1 Å². The summed E-state index contributed by atoms with van der Waals surface area (Å²) in [6.07, 6.45) is 0.659. The third kappa shape index (κ3) is 4.06.